The molecule has 1 fully saturated rings. The van der Waals surface area contributed by atoms with Gasteiger partial charge in [-0.2, -0.15) is 0 Å². The Morgan fingerprint density at radius 3 is 2.63 bits per heavy atom. The smallest absolute Gasteiger partial charge is 0.262 e. The van der Waals surface area contributed by atoms with Gasteiger partial charge < -0.3 is 25.2 Å². The summed E-state index contributed by atoms with van der Waals surface area (Å²) in [7, 11) is 2.08. The monoisotopic (exact) mass is 510 g/mol. The number of fused-ring (bicyclic) bond motifs is 2. The molecule has 3 aromatic rings. The second-order valence-electron chi connectivity index (χ2n) is 10.2. The van der Waals surface area contributed by atoms with E-state index in [4.69, 9.17) is 4.74 Å². The molecular weight excluding hydrogens is 480 g/mol. The van der Waals surface area contributed by atoms with Crippen molar-refractivity contribution in [3.63, 3.8) is 0 Å². The molecule has 0 atom stereocenters. The fourth-order valence-corrected chi connectivity index (χ4v) is 5.12. The molecule has 3 aliphatic rings. The van der Waals surface area contributed by atoms with E-state index in [0.717, 1.165) is 43.5 Å². The molecule has 3 amide bonds. The first-order chi connectivity index (χ1) is 18.4. The standard InChI is InChI=1S/C30H30N4O4/c1-33-14-2-3-20-8-10-23(16-26(20)33)31-29(36)21-6-4-19(5-7-21)17-34(24-11-12-24)30(37)22-9-13-25-27(15-22)38-18-28(35)32-25/h4-10,13,15-16,24H,2-3,11-12,14,17-18H2,1H3,(H,31,36)(H,32,35). The van der Waals surface area contributed by atoms with Crippen molar-refractivity contribution in [2.24, 2.45) is 0 Å². The number of benzene rings is 3. The lowest BCUT2D eigenvalue weighted by Crippen LogP contribution is -2.33. The molecule has 2 N–H and O–H groups in total. The van der Waals surface area contributed by atoms with Gasteiger partial charge >= 0.3 is 0 Å². The molecule has 38 heavy (non-hydrogen) atoms. The van der Waals surface area contributed by atoms with Gasteiger partial charge in [0.25, 0.3) is 17.7 Å². The first kappa shape index (κ1) is 24.0. The highest BCUT2D eigenvalue weighted by atomic mass is 16.5. The summed E-state index contributed by atoms with van der Waals surface area (Å²) in [5.74, 6) is 0.0666. The highest BCUT2D eigenvalue weighted by molar-refractivity contribution is 6.04. The third-order valence-corrected chi connectivity index (χ3v) is 7.37. The molecule has 0 saturated heterocycles. The van der Waals surface area contributed by atoms with Crippen molar-refractivity contribution < 1.29 is 19.1 Å². The number of ether oxygens (including phenoxy) is 1. The zero-order valence-corrected chi connectivity index (χ0v) is 21.3. The molecule has 6 rings (SSSR count). The van der Waals surface area contributed by atoms with E-state index in [1.807, 2.05) is 29.2 Å². The van der Waals surface area contributed by atoms with Gasteiger partial charge in [0.05, 0.1) is 5.69 Å². The lowest BCUT2D eigenvalue weighted by molar-refractivity contribution is -0.118. The van der Waals surface area contributed by atoms with Crippen molar-refractivity contribution in [2.75, 3.05) is 35.7 Å². The first-order valence-electron chi connectivity index (χ1n) is 13.1. The number of aryl methyl sites for hydroxylation is 1. The molecule has 2 aliphatic heterocycles. The highest BCUT2D eigenvalue weighted by Gasteiger charge is 2.33. The van der Waals surface area contributed by atoms with Gasteiger partial charge in [-0.1, -0.05) is 18.2 Å². The van der Waals surface area contributed by atoms with E-state index in [-0.39, 0.29) is 30.4 Å². The van der Waals surface area contributed by atoms with Crippen LogP contribution in [0.4, 0.5) is 17.1 Å². The Labute approximate surface area is 221 Å². The minimum absolute atomic E-state index is 0.0551. The molecule has 194 valence electrons. The van der Waals surface area contributed by atoms with E-state index in [1.54, 1.807) is 30.3 Å². The van der Waals surface area contributed by atoms with Crippen LogP contribution in [0.3, 0.4) is 0 Å². The van der Waals surface area contributed by atoms with Crippen LogP contribution in [0.1, 0.15) is 51.1 Å². The SMILES string of the molecule is CN1CCCc2ccc(NC(=O)c3ccc(CN(C(=O)c4ccc5c(c4)OCC(=O)N5)C4CC4)cc3)cc21. The van der Waals surface area contributed by atoms with E-state index in [1.165, 1.54) is 11.3 Å². The second-order valence-corrected chi connectivity index (χ2v) is 10.2. The van der Waals surface area contributed by atoms with Crippen molar-refractivity contribution in [2.45, 2.75) is 38.3 Å². The maximum atomic E-state index is 13.4. The summed E-state index contributed by atoms with van der Waals surface area (Å²) in [6, 6.07) is 18.8. The first-order valence-corrected chi connectivity index (χ1v) is 13.1. The molecule has 0 aromatic heterocycles. The van der Waals surface area contributed by atoms with Crippen molar-refractivity contribution in [1.29, 1.82) is 0 Å². The summed E-state index contributed by atoms with van der Waals surface area (Å²) in [6.07, 6.45) is 4.15. The number of anilines is 3. The van der Waals surface area contributed by atoms with Gasteiger partial charge in [-0.05, 0) is 79.3 Å². The predicted molar refractivity (Wildman–Crippen MR) is 146 cm³/mol. The van der Waals surface area contributed by atoms with Crippen LogP contribution < -0.4 is 20.3 Å². The molecule has 8 nitrogen and oxygen atoms in total. The van der Waals surface area contributed by atoms with Crippen LogP contribution >= 0.6 is 0 Å². The third-order valence-electron chi connectivity index (χ3n) is 7.37. The van der Waals surface area contributed by atoms with Gasteiger partial charge in [0.2, 0.25) is 0 Å². The average molecular weight is 511 g/mol. The Kier molecular flexibility index (Phi) is 6.23. The molecular formula is C30H30N4O4. The lowest BCUT2D eigenvalue weighted by Gasteiger charge is -2.28. The van der Waals surface area contributed by atoms with Crippen molar-refractivity contribution in [3.8, 4) is 5.75 Å². The fraction of sp³-hybridized carbons (Fsp3) is 0.300. The number of nitrogens with one attached hydrogen (secondary N) is 2. The van der Waals surface area contributed by atoms with Crippen LogP contribution in [0.15, 0.2) is 60.7 Å². The Morgan fingerprint density at radius 2 is 1.84 bits per heavy atom. The zero-order valence-electron chi connectivity index (χ0n) is 21.3. The number of carbonyl (C=O) groups is 3. The molecule has 1 saturated carbocycles. The summed E-state index contributed by atoms with van der Waals surface area (Å²) in [6.45, 7) is 1.42. The number of amides is 3. The van der Waals surface area contributed by atoms with E-state index in [2.05, 4.69) is 28.6 Å². The Balaban J connectivity index is 1.13. The predicted octanol–water partition coefficient (Wildman–Crippen LogP) is 4.46. The quantitative estimate of drug-likeness (QED) is 0.511. The van der Waals surface area contributed by atoms with Gasteiger partial charge in [-0.15, -0.1) is 0 Å². The highest BCUT2D eigenvalue weighted by Crippen LogP contribution is 2.33. The molecule has 0 spiro atoms. The Bertz CT molecular complexity index is 1410. The van der Waals surface area contributed by atoms with E-state index in [0.29, 0.717) is 29.1 Å². The average Bonchev–Trinajstić information content (AvgIpc) is 3.77. The third kappa shape index (κ3) is 4.94. The lowest BCUT2D eigenvalue weighted by atomic mass is 10.0. The summed E-state index contributed by atoms with van der Waals surface area (Å²) in [5, 5.41) is 5.77. The summed E-state index contributed by atoms with van der Waals surface area (Å²) < 4.78 is 5.49. The maximum absolute atomic E-state index is 13.4. The molecule has 2 heterocycles. The summed E-state index contributed by atoms with van der Waals surface area (Å²) in [4.78, 5) is 42.0. The number of nitrogens with zero attached hydrogens (tertiary/aromatic N) is 2. The fourth-order valence-electron chi connectivity index (χ4n) is 5.12. The van der Waals surface area contributed by atoms with Crippen molar-refractivity contribution in [1.82, 2.24) is 4.90 Å². The van der Waals surface area contributed by atoms with Gasteiger partial charge in [-0.25, -0.2) is 0 Å². The van der Waals surface area contributed by atoms with Gasteiger partial charge in [0.1, 0.15) is 5.75 Å². The maximum Gasteiger partial charge on any atom is 0.262 e. The molecule has 3 aromatic carbocycles. The summed E-state index contributed by atoms with van der Waals surface area (Å²) in [5.41, 5.74) is 5.89. The van der Waals surface area contributed by atoms with Gasteiger partial charge in [0, 0.05) is 48.7 Å². The van der Waals surface area contributed by atoms with Crippen LogP contribution in [-0.2, 0) is 17.8 Å². The van der Waals surface area contributed by atoms with Crippen molar-refractivity contribution in [3.05, 3.63) is 82.9 Å². The van der Waals surface area contributed by atoms with E-state index >= 15 is 0 Å². The zero-order chi connectivity index (χ0) is 26.2. The number of hydrogen-bond donors (Lipinski definition) is 2. The van der Waals surface area contributed by atoms with Crippen LogP contribution in [0.25, 0.3) is 0 Å². The minimum atomic E-state index is -0.205. The normalized spacial score (nSPS) is 16.0. The molecule has 0 unspecified atom stereocenters. The Morgan fingerprint density at radius 1 is 1.05 bits per heavy atom. The minimum Gasteiger partial charge on any atom is -0.482 e. The topological polar surface area (TPSA) is 91.0 Å². The molecule has 1 aliphatic carbocycles. The van der Waals surface area contributed by atoms with Gasteiger partial charge in [-0.3, -0.25) is 14.4 Å². The molecule has 0 radical (unpaired) electrons. The molecule has 8 heteroatoms. The summed E-state index contributed by atoms with van der Waals surface area (Å²) >= 11 is 0. The number of carbonyl (C=O) groups excluding carboxylic acids is 3. The van der Waals surface area contributed by atoms with Gasteiger partial charge in [0.15, 0.2) is 6.61 Å². The van der Waals surface area contributed by atoms with E-state index < -0.39 is 0 Å². The second kappa shape index (κ2) is 9.85. The van der Waals surface area contributed by atoms with Crippen LogP contribution in [0.5, 0.6) is 5.75 Å². The van der Waals surface area contributed by atoms with Crippen LogP contribution in [0.2, 0.25) is 0 Å². The van der Waals surface area contributed by atoms with E-state index in [9.17, 15) is 14.4 Å². The Hall–Kier alpha value is -4.33. The van der Waals surface area contributed by atoms with Crippen LogP contribution in [0, 0.1) is 0 Å². The number of hydrogen-bond acceptors (Lipinski definition) is 5. The number of rotatable bonds is 6. The molecule has 0 bridgehead atoms. The van der Waals surface area contributed by atoms with Crippen LogP contribution in [-0.4, -0.2) is 48.9 Å². The largest absolute Gasteiger partial charge is 0.482 e. The van der Waals surface area contributed by atoms with Crippen molar-refractivity contribution >= 4 is 34.8 Å².